The average Bonchev–Trinajstić information content (AvgIpc) is 2.82. The zero-order valence-electron chi connectivity index (χ0n) is 16.7. The van der Waals surface area contributed by atoms with Crippen LogP contribution in [0.15, 0.2) is 95.1 Å². The highest BCUT2D eigenvalue weighted by atomic mass is 32.2. The van der Waals surface area contributed by atoms with Crippen LogP contribution in [0.25, 0.3) is 23.1 Å². The van der Waals surface area contributed by atoms with Crippen LogP contribution in [0.1, 0.15) is 17.0 Å². The second kappa shape index (κ2) is 10.3. The Bertz CT molecular complexity index is 1220. The van der Waals surface area contributed by atoms with Crippen LogP contribution >= 0.6 is 11.8 Å². The summed E-state index contributed by atoms with van der Waals surface area (Å²) >= 11 is 1.37. The van der Waals surface area contributed by atoms with E-state index in [0.717, 1.165) is 27.1 Å². The summed E-state index contributed by atoms with van der Waals surface area (Å²) in [5.74, 6) is 0.614. The van der Waals surface area contributed by atoms with Gasteiger partial charge in [0, 0.05) is 5.39 Å². The summed E-state index contributed by atoms with van der Waals surface area (Å²) in [5.41, 5.74) is 5.40. The third kappa shape index (κ3) is 5.87. The van der Waals surface area contributed by atoms with Gasteiger partial charge in [-0.05, 0) is 23.3 Å². The summed E-state index contributed by atoms with van der Waals surface area (Å²) in [4.78, 5) is 21.5. The highest BCUT2D eigenvalue weighted by Crippen LogP contribution is 2.25. The van der Waals surface area contributed by atoms with Crippen molar-refractivity contribution in [1.82, 2.24) is 15.4 Å². The van der Waals surface area contributed by atoms with Crippen LogP contribution < -0.4 is 5.43 Å². The molecule has 31 heavy (non-hydrogen) atoms. The molecule has 5 nitrogen and oxygen atoms in total. The Morgan fingerprint density at radius 1 is 0.839 bits per heavy atom. The normalized spacial score (nSPS) is 11.4. The van der Waals surface area contributed by atoms with Crippen LogP contribution in [0.5, 0.6) is 0 Å². The molecule has 4 rings (SSSR count). The van der Waals surface area contributed by atoms with Gasteiger partial charge in [-0.3, -0.25) is 4.79 Å². The van der Waals surface area contributed by atoms with Crippen molar-refractivity contribution in [3.63, 3.8) is 0 Å². The number of rotatable bonds is 7. The average molecular weight is 425 g/mol. The molecule has 0 aliphatic carbocycles. The molecule has 0 aliphatic rings. The number of para-hydroxylation sites is 1. The van der Waals surface area contributed by atoms with Crippen molar-refractivity contribution in [2.75, 3.05) is 5.75 Å². The minimum Gasteiger partial charge on any atom is -0.272 e. The molecule has 6 heteroatoms. The number of aromatic nitrogens is 2. The number of amides is 1. The topological polar surface area (TPSA) is 67.2 Å². The van der Waals surface area contributed by atoms with Crippen molar-refractivity contribution >= 4 is 46.9 Å². The number of hydrogen-bond donors (Lipinski definition) is 1. The largest absolute Gasteiger partial charge is 0.272 e. The third-order valence-corrected chi connectivity index (χ3v) is 5.34. The van der Waals surface area contributed by atoms with Crippen molar-refractivity contribution < 1.29 is 4.79 Å². The monoisotopic (exact) mass is 424 g/mol. The van der Waals surface area contributed by atoms with E-state index in [1.165, 1.54) is 11.8 Å². The van der Waals surface area contributed by atoms with E-state index in [2.05, 4.69) is 20.5 Å². The van der Waals surface area contributed by atoms with Crippen molar-refractivity contribution in [3.8, 4) is 0 Å². The molecule has 0 unspecified atom stereocenters. The lowest BCUT2D eigenvalue weighted by atomic mass is 10.2. The first-order valence-electron chi connectivity index (χ1n) is 9.77. The lowest BCUT2D eigenvalue weighted by molar-refractivity contribution is -0.118. The third-order valence-electron chi connectivity index (χ3n) is 4.35. The SMILES string of the molecule is O=C(CSc1nc(C=Cc2ccccc2)nc2ccccc12)NN=Cc1ccccc1. The second-order valence-corrected chi connectivity index (χ2v) is 7.60. The van der Waals surface area contributed by atoms with Crippen molar-refractivity contribution in [3.05, 3.63) is 102 Å². The number of thioether (sulfide) groups is 1. The highest BCUT2D eigenvalue weighted by molar-refractivity contribution is 8.00. The fraction of sp³-hybridized carbons (Fsp3) is 0.0400. The number of nitrogens with zero attached hydrogens (tertiary/aromatic N) is 3. The molecule has 0 bridgehead atoms. The fourth-order valence-corrected chi connectivity index (χ4v) is 3.69. The molecule has 0 atom stereocenters. The molecule has 0 saturated heterocycles. The van der Waals surface area contributed by atoms with Crippen LogP contribution in [-0.4, -0.2) is 27.8 Å². The molecule has 1 heterocycles. The van der Waals surface area contributed by atoms with Crippen LogP contribution in [0.2, 0.25) is 0 Å². The molecule has 0 aliphatic heterocycles. The van der Waals surface area contributed by atoms with Gasteiger partial charge in [0.25, 0.3) is 0 Å². The lowest BCUT2D eigenvalue weighted by Gasteiger charge is -2.06. The molecule has 0 spiro atoms. The summed E-state index contributed by atoms with van der Waals surface area (Å²) in [6.45, 7) is 0. The number of benzene rings is 3. The molecule has 152 valence electrons. The van der Waals surface area contributed by atoms with Gasteiger partial charge < -0.3 is 0 Å². The Morgan fingerprint density at radius 3 is 2.29 bits per heavy atom. The zero-order valence-corrected chi connectivity index (χ0v) is 17.5. The van der Waals surface area contributed by atoms with Crippen molar-refractivity contribution in [2.24, 2.45) is 5.10 Å². The Labute approximate surface area is 185 Å². The first kappa shape index (κ1) is 20.5. The molecule has 4 aromatic rings. The van der Waals surface area contributed by atoms with Gasteiger partial charge in [0.2, 0.25) is 5.91 Å². The Balaban J connectivity index is 1.46. The maximum atomic E-state index is 12.2. The molecule has 3 aromatic carbocycles. The smallest absolute Gasteiger partial charge is 0.250 e. The molecule has 0 radical (unpaired) electrons. The summed E-state index contributed by atoms with van der Waals surface area (Å²) in [5, 5.41) is 5.70. The first-order valence-corrected chi connectivity index (χ1v) is 10.8. The minimum absolute atomic E-state index is 0.193. The van der Waals surface area contributed by atoms with Gasteiger partial charge in [-0.1, -0.05) is 96.7 Å². The fourth-order valence-electron chi connectivity index (χ4n) is 2.87. The van der Waals surface area contributed by atoms with E-state index in [-0.39, 0.29) is 11.7 Å². The standard InChI is InChI=1S/C25H20N4OS/c30-24(29-26-17-20-11-5-2-6-12-20)18-31-25-21-13-7-8-14-22(21)27-23(28-25)16-15-19-9-3-1-4-10-19/h1-17H,18H2,(H,29,30). The quantitative estimate of drug-likeness (QED) is 0.195. The van der Waals surface area contributed by atoms with E-state index < -0.39 is 0 Å². The minimum atomic E-state index is -0.193. The Hall–Kier alpha value is -3.77. The van der Waals surface area contributed by atoms with Gasteiger partial charge in [-0.25, -0.2) is 15.4 Å². The second-order valence-electron chi connectivity index (χ2n) is 6.64. The van der Waals surface area contributed by atoms with Gasteiger partial charge in [0.15, 0.2) is 5.82 Å². The van der Waals surface area contributed by atoms with Crippen molar-refractivity contribution in [2.45, 2.75) is 5.03 Å². The van der Waals surface area contributed by atoms with E-state index >= 15 is 0 Å². The number of hydrogen-bond acceptors (Lipinski definition) is 5. The van der Waals surface area contributed by atoms with Crippen LogP contribution in [0.4, 0.5) is 0 Å². The first-order chi connectivity index (χ1) is 15.3. The maximum absolute atomic E-state index is 12.2. The van der Waals surface area contributed by atoms with E-state index in [0.29, 0.717) is 5.82 Å². The van der Waals surface area contributed by atoms with Gasteiger partial charge in [-0.15, -0.1) is 0 Å². The molecule has 0 saturated carbocycles. The van der Waals surface area contributed by atoms with Crippen LogP contribution in [0.3, 0.4) is 0 Å². The van der Waals surface area contributed by atoms with Gasteiger partial charge in [0.1, 0.15) is 5.03 Å². The number of nitrogens with one attached hydrogen (secondary N) is 1. The number of fused-ring (bicyclic) bond motifs is 1. The van der Waals surface area contributed by atoms with Gasteiger partial charge >= 0.3 is 0 Å². The summed E-state index contributed by atoms with van der Waals surface area (Å²) < 4.78 is 0. The van der Waals surface area contributed by atoms with E-state index in [1.54, 1.807) is 6.21 Å². The molecule has 0 fully saturated rings. The lowest BCUT2D eigenvalue weighted by Crippen LogP contribution is -2.19. The molecule has 1 amide bonds. The number of carbonyl (C=O) groups is 1. The number of hydrazone groups is 1. The summed E-state index contributed by atoms with van der Waals surface area (Å²) in [6.07, 6.45) is 5.48. The predicted molar refractivity (Wildman–Crippen MR) is 128 cm³/mol. The summed E-state index contributed by atoms with van der Waals surface area (Å²) in [6, 6.07) is 27.4. The highest BCUT2D eigenvalue weighted by Gasteiger charge is 2.09. The maximum Gasteiger partial charge on any atom is 0.250 e. The Morgan fingerprint density at radius 2 is 1.52 bits per heavy atom. The van der Waals surface area contributed by atoms with Gasteiger partial charge in [0.05, 0.1) is 17.5 Å². The van der Waals surface area contributed by atoms with E-state index in [4.69, 9.17) is 0 Å². The molecular formula is C25H20N4OS. The van der Waals surface area contributed by atoms with Gasteiger partial charge in [-0.2, -0.15) is 5.10 Å². The van der Waals surface area contributed by atoms with Crippen molar-refractivity contribution in [1.29, 1.82) is 0 Å². The molecule has 1 aromatic heterocycles. The van der Waals surface area contributed by atoms with Crippen LogP contribution in [-0.2, 0) is 4.79 Å². The molecule has 1 N–H and O–H groups in total. The van der Waals surface area contributed by atoms with Crippen LogP contribution in [0, 0.1) is 0 Å². The zero-order chi connectivity index (χ0) is 21.3. The summed E-state index contributed by atoms with van der Waals surface area (Å²) in [7, 11) is 0. The van der Waals surface area contributed by atoms with E-state index in [1.807, 2.05) is 97.1 Å². The Kier molecular flexibility index (Phi) is 6.82. The number of carbonyl (C=O) groups excluding carboxylic acids is 1. The van der Waals surface area contributed by atoms with E-state index in [9.17, 15) is 4.79 Å². The molecular weight excluding hydrogens is 404 g/mol. The predicted octanol–water partition coefficient (Wildman–Crippen LogP) is 5.04.